The number of likely N-dealkylation sites (tertiary alicyclic amines) is 1. The van der Waals surface area contributed by atoms with Crippen LogP contribution in [0.5, 0.6) is 0 Å². The first-order valence-electron chi connectivity index (χ1n) is 11.2. The van der Waals surface area contributed by atoms with Crippen LogP contribution in [0.4, 0.5) is 5.82 Å². The zero-order valence-electron chi connectivity index (χ0n) is 19.1. The second kappa shape index (κ2) is 11.0. The molecule has 0 bridgehead atoms. The van der Waals surface area contributed by atoms with Gasteiger partial charge < -0.3 is 10.2 Å². The van der Waals surface area contributed by atoms with Crippen molar-refractivity contribution in [1.29, 1.82) is 0 Å². The van der Waals surface area contributed by atoms with Gasteiger partial charge in [0.25, 0.3) is 0 Å². The highest BCUT2D eigenvalue weighted by Crippen LogP contribution is 2.24. The Hall–Kier alpha value is -2.91. The van der Waals surface area contributed by atoms with Gasteiger partial charge in [-0.15, -0.1) is 10.2 Å². The Morgan fingerprint density at radius 2 is 2.00 bits per heavy atom. The molecule has 1 atom stereocenters. The molecule has 178 valence electrons. The van der Waals surface area contributed by atoms with E-state index in [0.29, 0.717) is 35.0 Å². The van der Waals surface area contributed by atoms with Gasteiger partial charge in [-0.05, 0) is 48.6 Å². The molecule has 3 heterocycles. The molecule has 1 aliphatic heterocycles. The minimum absolute atomic E-state index is 0.0168. The summed E-state index contributed by atoms with van der Waals surface area (Å²) in [5.74, 6) is 0.716. The van der Waals surface area contributed by atoms with E-state index >= 15 is 0 Å². The monoisotopic (exact) mass is 498 g/mol. The fraction of sp³-hybridized carbons (Fsp3) is 0.375. The highest BCUT2D eigenvalue weighted by atomic mass is 35.5. The van der Waals surface area contributed by atoms with Crippen LogP contribution >= 0.6 is 23.4 Å². The lowest BCUT2D eigenvalue weighted by Gasteiger charge is -2.32. The molecular formula is C24H27ClN6O2S. The van der Waals surface area contributed by atoms with E-state index in [4.69, 9.17) is 11.6 Å². The molecule has 1 aliphatic rings. The number of hydrogen-bond donors (Lipinski definition) is 1. The Kier molecular flexibility index (Phi) is 7.84. The number of pyridine rings is 1. The molecule has 10 heteroatoms. The molecule has 0 aliphatic carbocycles. The van der Waals surface area contributed by atoms with Crippen molar-refractivity contribution in [3.63, 3.8) is 0 Å². The number of amides is 2. The molecule has 3 aromatic rings. The standard InChI is InChI=1S/C24H27ClN6O2S/c1-16(2)17-5-8-20(9-6-17)31-15-27-29-24(31)34-14-22(32)30-11-3-4-18(13-30)23(33)28-21-10-7-19(25)12-26-21/h5-10,12,15-16,18H,3-4,11,13-14H2,1-2H3,(H,26,28,33). The van der Waals surface area contributed by atoms with E-state index < -0.39 is 0 Å². The van der Waals surface area contributed by atoms with Gasteiger partial charge in [0.1, 0.15) is 12.1 Å². The van der Waals surface area contributed by atoms with E-state index in [-0.39, 0.29) is 23.5 Å². The Balaban J connectivity index is 1.33. The first-order valence-corrected chi connectivity index (χ1v) is 12.6. The number of nitrogens with zero attached hydrogens (tertiary/aromatic N) is 5. The van der Waals surface area contributed by atoms with Gasteiger partial charge in [-0.3, -0.25) is 14.2 Å². The third-order valence-corrected chi connectivity index (χ3v) is 6.95. The second-order valence-electron chi connectivity index (χ2n) is 8.55. The van der Waals surface area contributed by atoms with Crippen LogP contribution in [0.15, 0.2) is 54.1 Å². The summed E-state index contributed by atoms with van der Waals surface area (Å²) >= 11 is 7.20. The molecule has 1 N–H and O–H groups in total. The van der Waals surface area contributed by atoms with Gasteiger partial charge in [0.05, 0.1) is 16.7 Å². The van der Waals surface area contributed by atoms with Crippen LogP contribution in [-0.4, -0.2) is 55.3 Å². The zero-order chi connectivity index (χ0) is 24.1. The number of nitrogens with one attached hydrogen (secondary N) is 1. The lowest BCUT2D eigenvalue weighted by molar-refractivity contribution is -0.132. The molecule has 4 rings (SSSR count). The van der Waals surface area contributed by atoms with Crippen molar-refractivity contribution >= 4 is 41.0 Å². The normalized spacial score (nSPS) is 16.0. The summed E-state index contributed by atoms with van der Waals surface area (Å²) in [7, 11) is 0. The van der Waals surface area contributed by atoms with Crippen LogP contribution in [0.1, 0.15) is 38.2 Å². The van der Waals surface area contributed by atoms with E-state index in [1.165, 1.54) is 23.5 Å². The highest BCUT2D eigenvalue weighted by molar-refractivity contribution is 7.99. The predicted octanol–water partition coefficient (Wildman–Crippen LogP) is 4.41. The molecule has 1 aromatic carbocycles. The third kappa shape index (κ3) is 5.95. The molecule has 0 saturated carbocycles. The summed E-state index contributed by atoms with van der Waals surface area (Å²) < 4.78 is 1.88. The number of rotatable bonds is 7. The average molecular weight is 499 g/mol. The number of thioether (sulfide) groups is 1. The molecule has 1 unspecified atom stereocenters. The fourth-order valence-electron chi connectivity index (χ4n) is 3.83. The molecule has 8 nitrogen and oxygen atoms in total. The lowest BCUT2D eigenvalue weighted by Crippen LogP contribution is -2.44. The van der Waals surface area contributed by atoms with Gasteiger partial charge in [0, 0.05) is 25.0 Å². The number of anilines is 1. The molecule has 1 fully saturated rings. The number of piperidine rings is 1. The molecule has 0 spiro atoms. The quantitative estimate of drug-likeness (QED) is 0.485. The number of hydrogen-bond acceptors (Lipinski definition) is 6. The van der Waals surface area contributed by atoms with Crippen molar-refractivity contribution < 1.29 is 9.59 Å². The van der Waals surface area contributed by atoms with Crippen LogP contribution < -0.4 is 5.32 Å². The zero-order valence-corrected chi connectivity index (χ0v) is 20.7. The maximum absolute atomic E-state index is 12.9. The molecule has 0 radical (unpaired) electrons. The van der Waals surface area contributed by atoms with Crippen molar-refractivity contribution in [3.05, 3.63) is 59.5 Å². The fourth-order valence-corrected chi connectivity index (χ4v) is 4.78. The number of carbonyl (C=O) groups is 2. The maximum atomic E-state index is 12.9. The Bertz CT molecular complexity index is 1130. The van der Waals surface area contributed by atoms with Crippen LogP contribution in [0.2, 0.25) is 5.02 Å². The number of carbonyl (C=O) groups excluding carboxylic acids is 2. The third-order valence-electron chi connectivity index (χ3n) is 5.80. The summed E-state index contributed by atoms with van der Waals surface area (Å²) in [6.45, 7) is 5.35. The second-order valence-corrected chi connectivity index (χ2v) is 9.93. The number of aromatic nitrogens is 4. The highest BCUT2D eigenvalue weighted by Gasteiger charge is 2.29. The average Bonchev–Trinajstić information content (AvgIpc) is 3.32. The summed E-state index contributed by atoms with van der Waals surface area (Å²) in [6, 6.07) is 11.6. The SMILES string of the molecule is CC(C)c1ccc(-n2cnnc2SCC(=O)N2CCCC(C(=O)Nc3ccc(Cl)cn3)C2)cc1. The Labute approximate surface area is 208 Å². The van der Waals surface area contributed by atoms with Crippen molar-refractivity contribution in [1.82, 2.24) is 24.6 Å². The van der Waals surface area contributed by atoms with E-state index in [9.17, 15) is 9.59 Å². The number of benzene rings is 1. The minimum atomic E-state index is -0.275. The van der Waals surface area contributed by atoms with Gasteiger partial charge in [0.2, 0.25) is 11.8 Å². The largest absolute Gasteiger partial charge is 0.341 e. The van der Waals surface area contributed by atoms with Gasteiger partial charge in [-0.25, -0.2) is 4.98 Å². The smallest absolute Gasteiger partial charge is 0.233 e. The molecular weight excluding hydrogens is 472 g/mol. The lowest BCUT2D eigenvalue weighted by atomic mass is 9.97. The molecule has 1 saturated heterocycles. The van der Waals surface area contributed by atoms with Crippen molar-refractivity contribution in [2.24, 2.45) is 5.92 Å². The first kappa shape index (κ1) is 24.2. The summed E-state index contributed by atoms with van der Waals surface area (Å²) in [4.78, 5) is 31.5. The van der Waals surface area contributed by atoms with Gasteiger partial charge >= 0.3 is 0 Å². The van der Waals surface area contributed by atoms with Gasteiger partial charge in [-0.1, -0.05) is 49.3 Å². The summed E-state index contributed by atoms with van der Waals surface area (Å²) in [5, 5.41) is 12.2. The minimum Gasteiger partial charge on any atom is -0.341 e. The predicted molar refractivity (Wildman–Crippen MR) is 133 cm³/mol. The van der Waals surface area contributed by atoms with Crippen molar-refractivity contribution in [3.8, 4) is 5.69 Å². The first-order chi connectivity index (χ1) is 16.4. The van der Waals surface area contributed by atoms with Crippen LogP contribution in [0, 0.1) is 5.92 Å². The van der Waals surface area contributed by atoms with E-state index in [0.717, 1.165) is 18.5 Å². The Morgan fingerprint density at radius 3 is 2.71 bits per heavy atom. The van der Waals surface area contributed by atoms with Gasteiger partial charge in [-0.2, -0.15) is 0 Å². The van der Waals surface area contributed by atoms with E-state index in [1.807, 2.05) is 16.7 Å². The summed E-state index contributed by atoms with van der Waals surface area (Å²) in [5.41, 5.74) is 2.21. The van der Waals surface area contributed by atoms with E-state index in [2.05, 4.69) is 46.5 Å². The molecule has 2 amide bonds. The maximum Gasteiger partial charge on any atom is 0.233 e. The van der Waals surface area contributed by atoms with Crippen molar-refractivity contribution in [2.75, 3.05) is 24.2 Å². The topological polar surface area (TPSA) is 93.0 Å². The number of halogens is 1. The van der Waals surface area contributed by atoms with E-state index in [1.54, 1.807) is 23.4 Å². The molecule has 34 heavy (non-hydrogen) atoms. The molecule has 2 aromatic heterocycles. The Morgan fingerprint density at radius 1 is 1.21 bits per heavy atom. The van der Waals surface area contributed by atoms with Crippen LogP contribution in [-0.2, 0) is 9.59 Å². The van der Waals surface area contributed by atoms with Crippen molar-refractivity contribution in [2.45, 2.75) is 37.8 Å². The van der Waals surface area contributed by atoms with Crippen LogP contribution in [0.3, 0.4) is 0 Å². The van der Waals surface area contributed by atoms with Gasteiger partial charge in [0.15, 0.2) is 5.16 Å². The summed E-state index contributed by atoms with van der Waals surface area (Å²) in [6.07, 6.45) is 4.66. The van der Waals surface area contributed by atoms with Crippen LogP contribution in [0.25, 0.3) is 5.69 Å².